The molecule has 23 heavy (non-hydrogen) atoms. The first-order valence-corrected chi connectivity index (χ1v) is 7.55. The number of rotatable bonds is 2. The van der Waals surface area contributed by atoms with Crippen molar-refractivity contribution >= 4 is 22.7 Å². The molecule has 1 aromatic heterocycles. The quantitative estimate of drug-likeness (QED) is 0.916. The number of nitrogens with zero attached hydrogens (tertiary/aromatic N) is 2. The van der Waals surface area contributed by atoms with E-state index in [1.807, 2.05) is 25.1 Å². The van der Waals surface area contributed by atoms with Crippen LogP contribution in [0, 0.1) is 12.8 Å². The van der Waals surface area contributed by atoms with Gasteiger partial charge in [-0.2, -0.15) is 0 Å². The fourth-order valence-electron chi connectivity index (χ4n) is 2.94. The second kappa shape index (κ2) is 5.44. The van der Waals surface area contributed by atoms with Gasteiger partial charge in [0.1, 0.15) is 11.4 Å². The van der Waals surface area contributed by atoms with Gasteiger partial charge in [-0.25, -0.2) is 18.6 Å². The second-order valence-electron chi connectivity index (χ2n) is 6.22. The fourth-order valence-corrected chi connectivity index (χ4v) is 2.94. The van der Waals surface area contributed by atoms with Gasteiger partial charge >= 0.3 is 5.97 Å². The number of aromatic carboxylic acids is 1. The number of fused-ring (bicyclic) bond motifs is 1. The molecule has 0 radical (unpaired) electrons. The molecule has 1 atom stereocenters. The van der Waals surface area contributed by atoms with E-state index < -0.39 is 17.8 Å². The average Bonchev–Trinajstić information content (AvgIpc) is 2.48. The number of benzene rings is 1. The summed E-state index contributed by atoms with van der Waals surface area (Å²) in [6.45, 7) is 3.60. The molecule has 122 valence electrons. The molecule has 0 aliphatic carbocycles. The highest BCUT2D eigenvalue weighted by molar-refractivity contribution is 5.98. The number of halogens is 2. The summed E-state index contributed by atoms with van der Waals surface area (Å²) in [6.07, 6.45) is -0.291. The topological polar surface area (TPSA) is 53.4 Å². The molecule has 1 fully saturated rings. The van der Waals surface area contributed by atoms with Crippen LogP contribution in [-0.4, -0.2) is 35.1 Å². The van der Waals surface area contributed by atoms with E-state index in [2.05, 4.69) is 4.98 Å². The Morgan fingerprint density at radius 3 is 2.78 bits per heavy atom. The summed E-state index contributed by atoms with van der Waals surface area (Å²) in [5, 5.41) is 10.2. The third-order valence-electron chi connectivity index (χ3n) is 4.41. The summed E-state index contributed by atoms with van der Waals surface area (Å²) < 4.78 is 27.4. The number of anilines is 1. The molecule has 0 saturated carbocycles. The van der Waals surface area contributed by atoms with E-state index in [1.165, 1.54) is 6.92 Å². The van der Waals surface area contributed by atoms with Gasteiger partial charge in [-0.15, -0.1) is 0 Å². The van der Waals surface area contributed by atoms with Crippen LogP contribution in [0.4, 0.5) is 14.6 Å². The van der Waals surface area contributed by atoms with Crippen LogP contribution in [0.2, 0.25) is 0 Å². The molecule has 6 heteroatoms. The molecule has 4 nitrogen and oxygen atoms in total. The van der Waals surface area contributed by atoms with Crippen molar-refractivity contribution in [1.82, 2.24) is 4.98 Å². The van der Waals surface area contributed by atoms with Gasteiger partial charge in [-0.1, -0.05) is 19.1 Å². The highest BCUT2D eigenvalue weighted by Crippen LogP contribution is 2.36. The Morgan fingerprint density at radius 2 is 2.13 bits per heavy atom. The molecule has 2 heterocycles. The van der Waals surface area contributed by atoms with Crippen molar-refractivity contribution in [2.24, 2.45) is 5.92 Å². The monoisotopic (exact) mass is 320 g/mol. The maximum atomic E-state index is 13.7. The molecular weight excluding hydrogens is 302 g/mol. The Kier molecular flexibility index (Phi) is 3.70. The molecule has 1 aliphatic rings. The van der Waals surface area contributed by atoms with E-state index >= 15 is 0 Å². The van der Waals surface area contributed by atoms with Crippen LogP contribution in [0.15, 0.2) is 24.3 Å². The number of pyridine rings is 1. The zero-order valence-electron chi connectivity index (χ0n) is 13.0. The largest absolute Gasteiger partial charge is 0.478 e. The van der Waals surface area contributed by atoms with E-state index in [1.54, 1.807) is 11.0 Å². The van der Waals surface area contributed by atoms with Crippen molar-refractivity contribution < 1.29 is 18.7 Å². The van der Waals surface area contributed by atoms with Gasteiger partial charge in [0, 0.05) is 30.8 Å². The van der Waals surface area contributed by atoms with Crippen molar-refractivity contribution in [3.05, 3.63) is 35.4 Å². The summed E-state index contributed by atoms with van der Waals surface area (Å²) in [5.41, 5.74) is 1.74. The van der Waals surface area contributed by atoms with Crippen LogP contribution >= 0.6 is 0 Å². The predicted octanol–water partition coefficient (Wildman–Crippen LogP) is 3.72. The lowest BCUT2D eigenvalue weighted by Crippen LogP contribution is -2.46. The molecule has 1 unspecified atom stereocenters. The summed E-state index contributed by atoms with van der Waals surface area (Å²) >= 11 is 0. The maximum Gasteiger partial charge on any atom is 0.339 e. The summed E-state index contributed by atoms with van der Waals surface area (Å²) in [4.78, 5) is 17.7. The molecular formula is C17H18F2N2O2. The Morgan fingerprint density at radius 1 is 1.39 bits per heavy atom. The number of carboxylic acids is 1. The zero-order valence-corrected chi connectivity index (χ0v) is 13.0. The Hall–Kier alpha value is -2.24. The average molecular weight is 320 g/mol. The summed E-state index contributed by atoms with van der Waals surface area (Å²) in [5.74, 6) is -4.38. The number of hydrogen-bond donors (Lipinski definition) is 1. The number of carbonyl (C=O) groups is 1. The zero-order chi connectivity index (χ0) is 16.8. The smallest absolute Gasteiger partial charge is 0.339 e. The van der Waals surface area contributed by atoms with Crippen molar-refractivity contribution in [2.45, 2.75) is 26.2 Å². The van der Waals surface area contributed by atoms with Crippen molar-refractivity contribution in [3.63, 3.8) is 0 Å². The summed E-state index contributed by atoms with van der Waals surface area (Å²) in [6, 6.07) is 7.14. The third kappa shape index (κ3) is 2.85. The normalized spacial score (nSPS) is 20.7. The van der Waals surface area contributed by atoms with Gasteiger partial charge in [0.15, 0.2) is 0 Å². The Labute approximate surface area is 132 Å². The number of carboxylic acid groups (broad SMARTS) is 1. The number of aromatic nitrogens is 1. The van der Waals surface area contributed by atoms with Crippen molar-refractivity contribution in [2.75, 3.05) is 18.0 Å². The lowest BCUT2D eigenvalue weighted by Gasteiger charge is -2.37. The van der Waals surface area contributed by atoms with Gasteiger partial charge in [0.05, 0.1) is 5.52 Å². The van der Waals surface area contributed by atoms with Gasteiger partial charge in [-0.3, -0.25) is 0 Å². The lowest BCUT2D eigenvalue weighted by atomic mass is 9.95. The van der Waals surface area contributed by atoms with Gasteiger partial charge in [0.25, 0.3) is 5.92 Å². The minimum atomic E-state index is -2.71. The van der Waals surface area contributed by atoms with E-state index in [0.717, 1.165) is 10.9 Å². The maximum absolute atomic E-state index is 13.7. The second-order valence-corrected chi connectivity index (χ2v) is 6.22. The lowest BCUT2D eigenvalue weighted by molar-refractivity contribution is -0.0652. The molecule has 1 aliphatic heterocycles. The highest BCUT2D eigenvalue weighted by Gasteiger charge is 2.42. The first-order valence-electron chi connectivity index (χ1n) is 7.55. The van der Waals surface area contributed by atoms with Crippen LogP contribution in [0.5, 0.6) is 0 Å². The number of aryl methyl sites for hydroxylation is 1. The number of piperidine rings is 1. The first-order chi connectivity index (χ1) is 10.8. The SMILES string of the molecule is Cc1ccc2cc(C(=O)O)c(N3CCC(F)(F)C(C)C3)nc2c1. The number of hydrogen-bond acceptors (Lipinski definition) is 3. The van der Waals surface area contributed by atoms with Crippen LogP contribution in [-0.2, 0) is 0 Å². The van der Waals surface area contributed by atoms with Crippen LogP contribution < -0.4 is 4.90 Å². The molecule has 3 rings (SSSR count). The highest BCUT2D eigenvalue weighted by atomic mass is 19.3. The third-order valence-corrected chi connectivity index (χ3v) is 4.41. The standard InChI is InChI=1S/C17H18F2N2O2/c1-10-3-4-12-8-13(16(22)23)15(20-14(12)7-10)21-6-5-17(18,19)11(2)9-21/h3-4,7-8,11H,5-6,9H2,1-2H3,(H,22,23). The molecule has 2 aromatic rings. The van der Waals surface area contributed by atoms with Crippen LogP contribution in [0.1, 0.15) is 29.3 Å². The van der Waals surface area contributed by atoms with E-state index in [9.17, 15) is 18.7 Å². The van der Waals surface area contributed by atoms with E-state index in [-0.39, 0.29) is 30.9 Å². The molecule has 0 bridgehead atoms. The van der Waals surface area contributed by atoms with Gasteiger partial charge < -0.3 is 10.0 Å². The van der Waals surface area contributed by atoms with Crippen LogP contribution in [0.3, 0.4) is 0 Å². The Bertz CT molecular complexity index is 777. The van der Waals surface area contributed by atoms with E-state index in [4.69, 9.17) is 0 Å². The van der Waals surface area contributed by atoms with Crippen molar-refractivity contribution in [3.8, 4) is 0 Å². The molecule has 1 N–H and O–H groups in total. The fraction of sp³-hybridized carbons (Fsp3) is 0.412. The summed E-state index contributed by atoms with van der Waals surface area (Å²) in [7, 11) is 0. The van der Waals surface area contributed by atoms with Gasteiger partial charge in [-0.05, 0) is 24.6 Å². The minimum Gasteiger partial charge on any atom is -0.478 e. The Balaban J connectivity index is 2.08. The first kappa shape index (κ1) is 15.6. The molecule has 1 aromatic carbocycles. The number of alkyl halides is 2. The van der Waals surface area contributed by atoms with E-state index in [0.29, 0.717) is 5.52 Å². The predicted molar refractivity (Wildman–Crippen MR) is 84.4 cm³/mol. The minimum absolute atomic E-state index is 0.0544. The van der Waals surface area contributed by atoms with Gasteiger partial charge in [0.2, 0.25) is 0 Å². The molecule has 0 amide bonds. The van der Waals surface area contributed by atoms with Crippen LogP contribution in [0.25, 0.3) is 10.9 Å². The molecule has 1 saturated heterocycles. The molecule has 0 spiro atoms. The van der Waals surface area contributed by atoms with Crippen molar-refractivity contribution in [1.29, 1.82) is 0 Å².